The Balaban J connectivity index is 1.92. The summed E-state index contributed by atoms with van der Waals surface area (Å²) in [4.78, 5) is 15.8. The Morgan fingerprint density at radius 3 is 3.17 bits per heavy atom. The Kier molecular flexibility index (Phi) is 2.96. The Labute approximate surface area is 110 Å². The lowest BCUT2D eigenvalue weighted by atomic mass is 9.97. The van der Waals surface area contributed by atoms with Gasteiger partial charge in [0.25, 0.3) is 5.91 Å². The predicted octanol–water partition coefficient (Wildman–Crippen LogP) is 3.49. The van der Waals surface area contributed by atoms with Crippen LogP contribution < -0.4 is 0 Å². The number of carbonyl (C=O) groups excluding carboxylic acids is 1. The molecule has 0 fully saturated rings. The highest BCUT2D eigenvalue weighted by Crippen LogP contribution is 2.35. The van der Waals surface area contributed by atoms with Crippen molar-refractivity contribution in [3.05, 3.63) is 46.0 Å². The quantitative estimate of drug-likeness (QED) is 0.829. The number of furan rings is 1. The maximum absolute atomic E-state index is 12.4. The lowest BCUT2D eigenvalue weighted by Gasteiger charge is -2.35. The number of carbonyl (C=O) groups is 1. The Hall–Kier alpha value is -1.55. The molecular formula is C14H15NO2S. The highest BCUT2D eigenvalue weighted by atomic mass is 32.1. The van der Waals surface area contributed by atoms with Crippen molar-refractivity contribution >= 4 is 17.2 Å². The number of amides is 1. The summed E-state index contributed by atoms with van der Waals surface area (Å²) in [6, 6.07) is 4.10. The van der Waals surface area contributed by atoms with Crippen LogP contribution in [0.4, 0.5) is 0 Å². The van der Waals surface area contributed by atoms with Crippen molar-refractivity contribution in [2.45, 2.75) is 25.8 Å². The van der Waals surface area contributed by atoms with Crippen LogP contribution in [0.25, 0.3) is 0 Å². The van der Waals surface area contributed by atoms with Crippen molar-refractivity contribution in [1.29, 1.82) is 0 Å². The van der Waals surface area contributed by atoms with Crippen molar-refractivity contribution in [3.8, 4) is 0 Å². The molecule has 0 aliphatic carbocycles. The van der Waals surface area contributed by atoms with Crippen molar-refractivity contribution in [3.63, 3.8) is 0 Å². The van der Waals surface area contributed by atoms with Gasteiger partial charge in [-0.05, 0) is 35.9 Å². The molecule has 1 amide bonds. The molecule has 0 saturated carbocycles. The van der Waals surface area contributed by atoms with Crippen LogP contribution in [-0.2, 0) is 6.42 Å². The van der Waals surface area contributed by atoms with Gasteiger partial charge in [-0.1, -0.05) is 6.92 Å². The molecule has 0 bridgehead atoms. The number of nitrogens with zero attached hydrogens (tertiary/aromatic N) is 1. The van der Waals surface area contributed by atoms with Gasteiger partial charge in [-0.25, -0.2) is 0 Å². The van der Waals surface area contributed by atoms with Gasteiger partial charge in [0.15, 0.2) is 0 Å². The van der Waals surface area contributed by atoms with Crippen LogP contribution in [0.5, 0.6) is 0 Å². The van der Waals surface area contributed by atoms with E-state index in [0.717, 1.165) is 19.4 Å². The summed E-state index contributed by atoms with van der Waals surface area (Å²) in [5.41, 5.74) is 1.97. The fourth-order valence-electron chi connectivity index (χ4n) is 2.63. The molecule has 4 heteroatoms. The standard InChI is InChI=1S/C14H15NO2S/c1-2-12-11-5-8-18-13(11)3-6-15(12)14(16)10-4-7-17-9-10/h4-5,7-9,12H,2-3,6H2,1H3/t12-/m0/s1. The van der Waals surface area contributed by atoms with Crippen LogP contribution in [-0.4, -0.2) is 17.4 Å². The van der Waals surface area contributed by atoms with Crippen LogP contribution in [0.1, 0.15) is 40.2 Å². The molecule has 18 heavy (non-hydrogen) atoms. The van der Waals surface area contributed by atoms with E-state index in [1.54, 1.807) is 23.7 Å². The monoisotopic (exact) mass is 261 g/mol. The van der Waals surface area contributed by atoms with Gasteiger partial charge in [-0.2, -0.15) is 0 Å². The third kappa shape index (κ3) is 1.77. The first-order chi connectivity index (χ1) is 8.81. The molecule has 2 aromatic rings. The van der Waals surface area contributed by atoms with Gasteiger partial charge in [0.1, 0.15) is 6.26 Å². The van der Waals surface area contributed by atoms with E-state index in [1.165, 1.54) is 16.7 Å². The third-order valence-electron chi connectivity index (χ3n) is 3.51. The third-order valence-corrected chi connectivity index (χ3v) is 4.51. The van der Waals surface area contributed by atoms with Gasteiger partial charge in [0.2, 0.25) is 0 Å². The summed E-state index contributed by atoms with van der Waals surface area (Å²) in [7, 11) is 0. The van der Waals surface area contributed by atoms with Crippen LogP contribution >= 0.6 is 11.3 Å². The molecule has 3 rings (SSSR count). The van der Waals surface area contributed by atoms with Crippen molar-refractivity contribution in [1.82, 2.24) is 4.90 Å². The van der Waals surface area contributed by atoms with Gasteiger partial charge >= 0.3 is 0 Å². The van der Waals surface area contributed by atoms with Crippen LogP contribution in [0.2, 0.25) is 0 Å². The molecule has 0 spiro atoms. The Bertz CT molecular complexity index is 544. The lowest BCUT2D eigenvalue weighted by molar-refractivity contribution is 0.0657. The largest absolute Gasteiger partial charge is 0.472 e. The van der Waals surface area contributed by atoms with Gasteiger partial charge in [-0.15, -0.1) is 11.3 Å². The van der Waals surface area contributed by atoms with E-state index in [1.807, 2.05) is 4.90 Å². The average molecular weight is 261 g/mol. The molecule has 0 radical (unpaired) electrons. The fraction of sp³-hybridized carbons (Fsp3) is 0.357. The average Bonchev–Trinajstić information content (AvgIpc) is 3.06. The van der Waals surface area contributed by atoms with E-state index in [0.29, 0.717) is 5.56 Å². The molecular weight excluding hydrogens is 246 g/mol. The predicted molar refractivity (Wildman–Crippen MR) is 70.8 cm³/mol. The van der Waals surface area contributed by atoms with E-state index < -0.39 is 0 Å². The van der Waals surface area contributed by atoms with Gasteiger partial charge in [-0.3, -0.25) is 4.79 Å². The number of hydrogen-bond acceptors (Lipinski definition) is 3. The van der Waals surface area contributed by atoms with E-state index in [9.17, 15) is 4.79 Å². The summed E-state index contributed by atoms with van der Waals surface area (Å²) in [5, 5.41) is 2.12. The smallest absolute Gasteiger partial charge is 0.257 e. The molecule has 0 saturated heterocycles. The molecule has 3 heterocycles. The first-order valence-corrected chi connectivity index (χ1v) is 7.08. The zero-order valence-electron chi connectivity index (χ0n) is 10.3. The molecule has 94 valence electrons. The van der Waals surface area contributed by atoms with Crippen molar-refractivity contribution < 1.29 is 9.21 Å². The second-order valence-corrected chi connectivity index (χ2v) is 5.48. The maximum Gasteiger partial charge on any atom is 0.257 e. The normalized spacial score (nSPS) is 18.7. The van der Waals surface area contributed by atoms with E-state index in [-0.39, 0.29) is 11.9 Å². The van der Waals surface area contributed by atoms with Gasteiger partial charge in [0, 0.05) is 11.4 Å². The number of hydrogen-bond donors (Lipinski definition) is 0. The van der Waals surface area contributed by atoms with Crippen LogP contribution in [0.3, 0.4) is 0 Å². The summed E-state index contributed by atoms with van der Waals surface area (Å²) >= 11 is 1.80. The minimum absolute atomic E-state index is 0.0763. The Morgan fingerprint density at radius 1 is 1.56 bits per heavy atom. The van der Waals surface area contributed by atoms with Gasteiger partial charge in [0.05, 0.1) is 17.9 Å². The molecule has 0 N–H and O–H groups in total. The molecule has 1 aliphatic heterocycles. The second kappa shape index (κ2) is 4.61. The van der Waals surface area contributed by atoms with Crippen molar-refractivity contribution in [2.75, 3.05) is 6.54 Å². The highest BCUT2D eigenvalue weighted by molar-refractivity contribution is 7.10. The number of rotatable bonds is 2. The SMILES string of the molecule is CC[C@H]1c2ccsc2CCN1C(=O)c1ccoc1. The van der Waals surface area contributed by atoms with Gasteiger partial charge < -0.3 is 9.32 Å². The number of fused-ring (bicyclic) bond motifs is 1. The van der Waals surface area contributed by atoms with E-state index >= 15 is 0 Å². The zero-order chi connectivity index (χ0) is 12.5. The lowest BCUT2D eigenvalue weighted by Crippen LogP contribution is -2.39. The molecule has 1 atom stereocenters. The minimum Gasteiger partial charge on any atom is -0.472 e. The second-order valence-electron chi connectivity index (χ2n) is 4.48. The van der Waals surface area contributed by atoms with E-state index in [4.69, 9.17) is 4.42 Å². The summed E-state index contributed by atoms with van der Waals surface area (Å²) in [5.74, 6) is 0.0763. The van der Waals surface area contributed by atoms with Crippen molar-refractivity contribution in [2.24, 2.45) is 0 Å². The molecule has 0 unspecified atom stereocenters. The fourth-order valence-corrected chi connectivity index (χ4v) is 3.56. The number of thiophene rings is 1. The molecule has 2 aromatic heterocycles. The first kappa shape index (κ1) is 11.5. The molecule has 3 nitrogen and oxygen atoms in total. The molecule has 0 aromatic carbocycles. The van der Waals surface area contributed by atoms with Crippen LogP contribution in [0.15, 0.2) is 34.5 Å². The maximum atomic E-state index is 12.4. The summed E-state index contributed by atoms with van der Waals surface area (Å²) < 4.78 is 5.00. The zero-order valence-corrected chi connectivity index (χ0v) is 11.1. The topological polar surface area (TPSA) is 33.5 Å². The molecule has 1 aliphatic rings. The highest BCUT2D eigenvalue weighted by Gasteiger charge is 2.31. The summed E-state index contributed by atoms with van der Waals surface area (Å²) in [6.07, 6.45) is 4.99. The summed E-state index contributed by atoms with van der Waals surface area (Å²) in [6.45, 7) is 2.93. The van der Waals surface area contributed by atoms with Crippen LogP contribution in [0, 0.1) is 0 Å². The Morgan fingerprint density at radius 2 is 2.44 bits per heavy atom. The minimum atomic E-state index is 0.0763. The van der Waals surface area contributed by atoms with E-state index in [2.05, 4.69) is 18.4 Å². The first-order valence-electron chi connectivity index (χ1n) is 6.20.